The summed E-state index contributed by atoms with van der Waals surface area (Å²) in [5.74, 6) is 0.644. The molecule has 0 amide bonds. The average Bonchev–Trinajstić information content (AvgIpc) is 3.16. The predicted molar refractivity (Wildman–Crippen MR) is 94.2 cm³/mol. The lowest BCUT2D eigenvalue weighted by atomic mass is 10.1. The Labute approximate surface area is 141 Å². The van der Waals surface area contributed by atoms with Crippen molar-refractivity contribution in [3.05, 3.63) is 51.4 Å². The van der Waals surface area contributed by atoms with Gasteiger partial charge in [-0.3, -0.25) is 4.79 Å². The van der Waals surface area contributed by atoms with Crippen molar-refractivity contribution >= 4 is 22.2 Å². The van der Waals surface area contributed by atoms with Gasteiger partial charge < -0.3 is 15.0 Å². The number of aromatic amines is 1. The summed E-state index contributed by atoms with van der Waals surface area (Å²) in [5.41, 5.74) is 2.00. The Hall–Kier alpha value is -2.84. The molecule has 24 heavy (non-hydrogen) atoms. The molecule has 4 aromatic rings. The third-order valence-corrected chi connectivity index (χ3v) is 4.41. The van der Waals surface area contributed by atoms with E-state index in [-0.39, 0.29) is 18.4 Å². The minimum atomic E-state index is -0.253. The van der Waals surface area contributed by atoms with Crippen LogP contribution in [-0.4, -0.2) is 25.6 Å². The van der Waals surface area contributed by atoms with Crippen LogP contribution in [0.5, 0.6) is 0 Å². The lowest BCUT2D eigenvalue weighted by molar-refractivity contribution is 0.432. The van der Waals surface area contributed by atoms with Gasteiger partial charge in [-0.2, -0.15) is 4.98 Å². The highest BCUT2D eigenvalue weighted by Gasteiger charge is 2.16. The van der Waals surface area contributed by atoms with Crippen LogP contribution < -0.4 is 5.56 Å². The van der Waals surface area contributed by atoms with Crippen molar-refractivity contribution in [2.24, 2.45) is 0 Å². The third kappa shape index (κ3) is 2.72. The van der Waals surface area contributed by atoms with Crippen LogP contribution >= 0.6 is 11.3 Å². The average molecular weight is 344 g/mol. The fourth-order valence-corrected chi connectivity index (χ4v) is 3.09. The van der Waals surface area contributed by atoms with E-state index < -0.39 is 0 Å². The number of hydrogen-bond acceptors (Lipinski definition) is 6. The van der Waals surface area contributed by atoms with Crippen molar-refractivity contribution in [2.45, 2.75) is 13.8 Å². The van der Waals surface area contributed by atoms with Gasteiger partial charge in [-0.15, -0.1) is 11.3 Å². The summed E-state index contributed by atoms with van der Waals surface area (Å²) in [6, 6.07) is 7.61. The molecule has 0 atom stereocenters. The Bertz CT molecular complexity index is 1090. The molecular weight excluding hydrogens is 328 g/mol. The summed E-state index contributed by atoms with van der Waals surface area (Å²) in [7, 11) is 0. The first-order valence-corrected chi connectivity index (χ1v) is 7.82. The highest BCUT2D eigenvalue weighted by Crippen LogP contribution is 2.26. The van der Waals surface area contributed by atoms with Gasteiger partial charge in [0.2, 0.25) is 5.82 Å². The maximum absolute atomic E-state index is 12.3. The standard InChI is InChI=1S/C16H12N4O2S.H2O.H2/c1-8-3-4-12-10(5-8)6-11(15(21)18-12)16-19-14(20-22-16)13-7-17-9(2)23-13;;/h3-7H,1-2H3,(H,18,21);1H2;1H. The van der Waals surface area contributed by atoms with E-state index >= 15 is 0 Å². The third-order valence-electron chi connectivity index (χ3n) is 3.50. The molecule has 0 aliphatic rings. The first-order valence-electron chi connectivity index (χ1n) is 7.01. The number of H-pyrrole nitrogens is 1. The van der Waals surface area contributed by atoms with Crippen LogP contribution in [0.3, 0.4) is 0 Å². The van der Waals surface area contributed by atoms with E-state index in [1.807, 2.05) is 32.0 Å². The van der Waals surface area contributed by atoms with Gasteiger partial charge in [0.1, 0.15) is 5.56 Å². The number of hydrogen-bond donors (Lipinski definition) is 1. The summed E-state index contributed by atoms with van der Waals surface area (Å²) in [5, 5.41) is 5.79. The molecule has 8 heteroatoms. The fourth-order valence-electron chi connectivity index (χ4n) is 2.38. The number of aryl methyl sites for hydroxylation is 2. The molecule has 7 nitrogen and oxygen atoms in total. The number of nitrogens with zero attached hydrogens (tertiary/aromatic N) is 3. The van der Waals surface area contributed by atoms with Crippen LogP contribution in [0.15, 0.2) is 39.8 Å². The zero-order valence-electron chi connectivity index (χ0n) is 13.0. The molecule has 0 fully saturated rings. The zero-order valence-corrected chi connectivity index (χ0v) is 13.8. The highest BCUT2D eigenvalue weighted by atomic mass is 32.1. The van der Waals surface area contributed by atoms with Crippen molar-refractivity contribution < 1.29 is 11.4 Å². The van der Waals surface area contributed by atoms with Gasteiger partial charge in [0.25, 0.3) is 11.4 Å². The fraction of sp³-hybridized carbons (Fsp3) is 0.125. The van der Waals surface area contributed by atoms with Gasteiger partial charge >= 0.3 is 0 Å². The van der Waals surface area contributed by atoms with Crippen LogP contribution in [0, 0.1) is 13.8 Å². The summed E-state index contributed by atoms with van der Waals surface area (Å²) >= 11 is 1.48. The molecule has 0 bridgehead atoms. The maximum atomic E-state index is 12.3. The molecule has 3 aromatic heterocycles. The first-order chi connectivity index (χ1) is 11.1. The molecule has 1 aromatic carbocycles. The van der Waals surface area contributed by atoms with Crippen LogP contribution in [-0.2, 0) is 0 Å². The van der Waals surface area contributed by atoms with E-state index in [1.165, 1.54) is 11.3 Å². The Morgan fingerprint density at radius 2 is 2.08 bits per heavy atom. The van der Waals surface area contributed by atoms with Crippen molar-refractivity contribution in [1.82, 2.24) is 20.1 Å². The number of aromatic nitrogens is 4. The first kappa shape index (κ1) is 16.0. The van der Waals surface area contributed by atoms with Crippen molar-refractivity contribution in [2.75, 3.05) is 0 Å². The van der Waals surface area contributed by atoms with E-state index in [0.717, 1.165) is 26.4 Å². The molecule has 4 rings (SSSR count). The summed E-state index contributed by atoms with van der Waals surface area (Å²) in [6.07, 6.45) is 1.70. The molecule has 0 saturated heterocycles. The van der Waals surface area contributed by atoms with E-state index in [4.69, 9.17) is 4.52 Å². The molecule has 0 radical (unpaired) electrons. The highest BCUT2D eigenvalue weighted by molar-refractivity contribution is 7.14. The molecule has 0 spiro atoms. The normalized spacial score (nSPS) is 10.8. The summed E-state index contributed by atoms with van der Waals surface area (Å²) in [4.78, 5) is 24.4. The molecule has 0 aliphatic carbocycles. The van der Waals surface area contributed by atoms with Gasteiger partial charge in [-0.05, 0) is 37.4 Å². The van der Waals surface area contributed by atoms with Gasteiger partial charge in [0.05, 0.1) is 9.88 Å². The lowest BCUT2D eigenvalue weighted by Crippen LogP contribution is -2.08. The Balaban J connectivity index is 0.00000113. The Morgan fingerprint density at radius 1 is 1.25 bits per heavy atom. The second kappa shape index (κ2) is 5.99. The number of pyridine rings is 1. The van der Waals surface area contributed by atoms with Gasteiger partial charge in [-0.1, -0.05) is 16.8 Å². The topological polar surface area (TPSA) is 116 Å². The quantitative estimate of drug-likeness (QED) is 0.600. The second-order valence-electron chi connectivity index (χ2n) is 5.27. The van der Waals surface area contributed by atoms with Crippen LogP contribution in [0.2, 0.25) is 0 Å². The van der Waals surface area contributed by atoms with E-state index in [2.05, 4.69) is 20.1 Å². The zero-order chi connectivity index (χ0) is 16.0. The SMILES string of the molecule is Cc1ccc2[nH]c(=O)c(-c3nc(-c4cnc(C)s4)no3)cc2c1.O.[HH]. The molecule has 0 aliphatic heterocycles. The van der Waals surface area contributed by atoms with E-state index in [1.54, 1.807) is 12.3 Å². The molecule has 124 valence electrons. The number of fused-ring (bicyclic) bond motifs is 1. The maximum Gasteiger partial charge on any atom is 0.263 e. The van der Waals surface area contributed by atoms with Crippen LogP contribution in [0.1, 0.15) is 12.0 Å². The number of nitrogens with one attached hydrogen (secondary N) is 1. The molecular formula is C16H16N4O3S. The Morgan fingerprint density at radius 3 is 2.83 bits per heavy atom. The summed E-state index contributed by atoms with van der Waals surface area (Å²) in [6.45, 7) is 3.91. The van der Waals surface area contributed by atoms with Crippen LogP contribution in [0.25, 0.3) is 33.1 Å². The smallest absolute Gasteiger partial charge is 0.263 e. The van der Waals surface area contributed by atoms with Crippen LogP contribution in [0.4, 0.5) is 0 Å². The molecule has 0 saturated carbocycles. The minimum Gasteiger partial charge on any atom is -0.412 e. The monoisotopic (exact) mass is 344 g/mol. The molecule has 3 heterocycles. The van der Waals surface area contributed by atoms with Crippen molar-refractivity contribution in [3.63, 3.8) is 0 Å². The summed E-state index contributed by atoms with van der Waals surface area (Å²) < 4.78 is 5.27. The lowest BCUT2D eigenvalue weighted by Gasteiger charge is -2.01. The predicted octanol–water partition coefficient (Wildman–Crippen LogP) is 2.74. The van der Waals surface area contributed by atoms with E-state index in [0.29, 0.717) is 11.4 Å². The number of thiazole rings is 1. The van der Waals surface area contributed by atoms with E-state index in [9.17, 15) is 4.79 Å². The van der Waals surface area contributed by atoms with Crippen molar-refractivity contribution in [3.8, 4) is 22.2 Å². The molecule has 3 N–H and O–H groups in total. The number of benzene rings is 1. The van der Waals surface area contributed by atoms with Gasteiger partial charge in [0, 0.05) is 13.1 Å². The number of rotatable bonds is 2. The largest absolute Gasteiger partial charge is 0.412 e. The van der Waals surface area contributed by atoms with Crippen molar-refractivity contribution in [1.29, 1.82) is 0 Å². The second-order valence-corrected chi connectivity index (χ2v) is 6.50. The van der Waals surface area contributed by atoms with Gasteiger partial charge in [0.15, 0.2) is 0 Å². The molecule has 0 unspecified atom stereocenters. The van der Waals surface area contributed by atoms with Gasteiger partial charge in [-0.25, -0.2) is 4.98 Å². The minimum absolute atomic E-state index is 0. The Kier molecular flexibility index (Phi) is 4.00.